The Labute approximate surface area is 215 Å². The standard InChI is InChI=1S/C32H38O4/c1-3-5-6-7-8-9-25-10-12-26(13-11-25)28-16-19-31(29(24-28)20-22-36-32(34)4-2)27-14-17-30(18-15-27)35-23-21-33/h4,10-19,24,33H,2-3,5-9,20-23H2,1H3. The highest BCUT2D eigenvalue weighted by molar-refractivity contribution is 5.81. The Morgan fingerprint density at radius 2 is 1.53 bits per heavy atom. The van der Waals surface area contributed by atoms with Crippen LogP contribution in [-0.4, -0.2) is 30.9 Å². The molecule has 1 N–H and O–H groups in total. The first-order chi connectivity index (χ1) is 17.6. The van der Waals surface area contributed by atoms with E-state index >= 15 is 0 Å². The van der Waals surface area contributed by atoms with Crippen LogP contribution in [0.1, 0.15) is 50.2 Å². The molecule has 0 aliphatic carbocycles. The number of aryl methyl sites for hydroxylation is 1. The molecule has 4 nitrogen and oxygen atoms in total. The van der Waals surface area contributed by atoms with Crippen molar-refractivity contribution in [2.45, 2.75) is 51.9 Å². The van der Waals surface area contributed by atoms with Crippen molar-refractivity contribution in [3.05, 3.63) is 90.5 Å². The van der Waals surface area contributed by atoms with E-state index in [2.05, 4.69) is 56.0 Å². The van der Waals surface area contributed by atoms with Gasteiger partial charge in [0, 0.05) is 12.5 Å². The van der Waals surface area contributed by atoms with E-state index in [9.17, 15) is 4.79 Å². The van der Waals surface area contributed by atoms with E-state index in [1.807, 2.05) is 24.3 Å². The molecule has 0 amide bonds. The van der Waals surface area contributed by atoms with E-state index in [1.54, 1.807) is 0 Å². The van der Waals surface area contributed by atoms with Gasteiger partial charge in [0.05, 0.1) is 13.2 Å². The first-order valence-corrected chi connectivity index (χ1v) is 13.0. The van der Waals surface area contributed by atoms with Crippen LogP contribution in [0.5, 0.6) is 5.75 Å². The number of unbranched alkanes of at least 4 members (excludes halogenated alkanes) is 4. The Bertz CT molecular complexity index is 1080. The number of carbonyl (C=O) groups is 1. The van der Waals surface area contributed by atoms with Crippen LogP contribution in [0, 0.1) is 0 Å². The Balaban J connectivity index is 1.77. The summed E-state index contributed by atoms with van der Waals surface area (Å²) in [5.74, 6) is 0.305. The largest absolute Gasteiger partial charge is 0.491 e. The second-order valence-electron chi connectivity index (χ2n) is 8.95. The second kappa shape index (κ2) is 14.9. The normalized spacial score (nSPS) is 10.7. The quantitative estimate of drug-likeness (QED) is 0.140. The maximum Gasteiger partial charge on any atom is 0.330 e. The number of rotatable bonds is 15. The van der Waals surface area contributed by atoms with Crippen LogP contribution in [0.4, 0.5) is 0 Å². The van der Waals surface area contributed by atoms with Gasteiger partial charge in [-0.2, -0.15) is 0 Å². The van der Waals surface area contributed by atoms with E-state index < -0.39 is 5.97 Å². The summed E-state index contributed by atoms with van der Waals surface area (Å²) >= 11 is 0. The predicted molar refractivity (Wildman–Crippen MR) is 147 cm³/mol. The number of hydrogen-bond donors (Lipinski definition) is 1. The predicted octanol–water partition coefficient (Wildman–Crippen LogP) is 7.18. The smallest absolute Gasteiger partial charge is 0.330 e. The zero-order chi connectivity index (χ0) is 25.6. The fourth-order valence-corrected chi connectivity index (χ4v) is 4.27. The average Bonchev–Trinajstić information content (AvgIpc) is 2.92. The van der Waals surface area contributed by atoms with Gasteiger partial charge in [0.15, 0.2) is 0 Å². The van der Waals surface area contributed by atoms with E-state index in [4.69, 9.17) is 14.6 Å². The number of hydrogen-bond acceptors (Lipinski definition) is 4. The highest BCUT2D eigenvalue weighted by Crippen LogP contribution is 2.31. The molecule has 0 aromatic heterocycles. The van der Waals surface area contributed by atoms with Crippen LogP contribution in [0.25, 0.3) is 22.3 Å². The van der Waals surface area contributed by atoms with Gasteiger partial charge < -0.3 is 14.6 Å². The van der Waals surface area contributed by atoms with Gasteiger partial charge in [-0.1, -0.05) is 93.8 Å². The molecule has 0 saturated heterocycles. The zero-order valence-electron chi connectivity index (χ0n) is 21.4. The number of carbonyl (C=O) groups excluding carboxylic acids is 1. The van der Waals surface area contributed by atoms with E-state index in [0.29, 0.717) is 6.42 Å². The van der Waals surface area contributed by atoms with Crippen molar-refractivity contribution in [1.29, 1.82) is 0 Å². The third-order valence-electron chi connectivity index (χ3n) is 6.27. The van der Waals surface area contributed by atoms with Gasteiger partial charge in [-0.05, 0) is 58.4 Å². The van der Waals surface area contributed by atoms with Crippen molar-refractivity contribution in [3.8, 4) is 28.0 Å². The molecule has 190 valence electrons. The van der Waals surface area contributed by atoms with Gasteiger partial charge in [0.25, 0.3) is 0 Å². The van der Waals surface area contributed by atoms with Gasteiger partial charge in [0.2, 0.25) is 0 Å². The number of esters is 1. The SMILES string of the molecule is C=CC(=O)OCCc1cc(-c2ccc(CCCCCCC)cc2)ccc1-c1ccc(OCCO)cc1. The van der Waals surface area contributed by atoms with Crippen molar-refractivity contribution in [3.63, 3.8) is 0 Å². The first kappa shape index (κ1) is 27.2. The Morgan fingerprint density at radius 1 is 0.833 bits per heavy atom. The topological polar surface area (TPSA) is 55.8 Å². The summed E-state index contributed by atoms with van der Waals surface area (Å²) in [6.45, 7) is 6.26. The maximum atomic E-state index is 11.6. The van der Waals surface area contributed by atoms with Crippen LogP contribution < -0.4 is 4.74 Å². The zero-order valence-corrected chi connectivity index (χ0v) is 21.4. The van der Waals surface area contributed by atoms with Gasteiger partial charge in [-0.25, -0.2) is 4.79 Å². The molecule has 0 aliphatic rings. The molecule has 3 aromatic rings. The molecule has 0 saturated carbocycles. The lowest BCUT2D eigenvalue weighted by molar-refractivity contribution is -0.137. The van der Waals surface area contributed by atoms with Crippen molar-refractivity contribution in [2.75, 3.05) is 19.8 Å². The Kier molecular flexibility index (Phi) is 11.3. The summed E-state index contributed by atoms with van der Waals surface area (Å²) in [5, 5.41) is 8.97. The second-order valence-corrected chi connectivity index (χ2v) is 8.95. The van der Waals surface area contributed by atoms with Gasteiger partial charge >= 0.3 is 5.97 Å². The fraction of sp³-hybridized carbons (Fsp3) is 0.344. The molecule has 0 aliphatic heterocycles. The summed E-state index contributed by atoms with van der Waals surface area (Å²) in [4.78, 5) is 11.6. The van der Waals surface area contributed by atoms with Crippen LogP contribution in [0.15, 0.2) is 79.4 Å². The molecule has 0 spiro atoms. The minimum absolute atomic E-state index is 0.0171. The highest BCUT2D eigenvalue weighted by Gasteiger charge is 2.10. The van der Waals surface area contributed by atoms with Crippen LogP contribution in [0.3, 0.4) is 0 Å². The van der Waals surface area contributed by atoms with E-state index in [0.717, 1.165) is 34.4 Å². The molecule has 3 rings (SSSR count). The minimum Gasteiger partial charge on any atom is -0.491 e. The number of ether oxygens (including phenoxy) is 2. The van der Waals surface area contributed by atoms with Crippen LogP contribution in [0.2, 0.25) is 0 Å². The van der Waals surface area contributed by atoms with E-state index in [1.165, 1.54) is 49.3 Å². The van der Waals surface area contributed by atoms with Gasteiger partial charge in [0.1, 0.15) is 12.4 Å². The molecule has 0 bridgehead atoms. The molecular weight excluding hydrogens is 448 g/mol. The maximum absolute atomic E-state index is 11.6. The number of benzene rings is 3. The lowest BCUT2D eigenvalue weighted by atomic mass is 9.93. The molecular formula is C32H38O4. The summed E-state index contributed by atoms with van der Waals surface area (Å²) in [7, 11) is 0. The Morgan fingerprint density at radius 3 is 2.22 bits per heavy atom. The van der Waals surface area contributed by atoms with Gasteiger partial charge in [-0.15, -0.1) is 0 Å². The molecule has 4 heteroatoms. The fourth-order valence-electron chi connectivity index (χ4n) is 4.27. The molecule has 0 radical (unpaired) electrons. The molecule has 3 aromatic carbocycles. The van der Waals surface area contributed by atoms with Crippen molar-refractivity contribution >= 4 is 5.97 Å². The van der Waals surface area contributed by atoms with Gasteiger partial charge in [-0.3, -0.25) is 0 Å². The third-order valence-corrected chi connectivity index (χ3v) is 6.27. The van der Waals surface area contributed by atoms with E-state index in [-0.39, 0.29) is 19.8 Å². The third kappa shape index (κ3) is 8.39. The molecule has 0 unspecified atom stereocenters. The molecule has 0 heterocycles. The monoisotopic (exact) mass is 486 g/mol. The Hall–Kier alpha value is -3.37. The number of aliphatic hydroxyl groups excluding tert-OH is 1. The average molecular weight is 487 g/mol. The summed E-state index contributed by atoms with van der Waals surface area (Å²) in [5.41, 5.74) is 6.95. The van der Waals surface area contributed by atoms with Crippen molar-refractivity contribution < 1.29 is 19.4 Å². The minimum atomic E-state index is -0.414. The van der Waals surface area contributed by atoms with Crippen molar-refractivity contribution in [1.82, 2.24) is 0 Å². The molecule has 0 atom stereocenters. The molecule has 0 fully saturated rings. The summed E-state index contributed by atoms with van der Waals surface area (Å²) in [6, 6.07) is 23.2. The van der Waals surface area contributed by atoms with Crippen LogP contribution >= 0.6 is 0 Å². The number of aliphatic hydroxyl groups is 1. The lowest BCUT2D eigenvalue weighted by Crippen LogP contribution is -2.05. The van der Waals surface area contributed by atoms with Crippen molar-refractivity contribution in [2.24, 2.45) is 0 Å². The first-order valence-electron chi connectivity index (χ1n) is 13.0. The summed E-state index contributed by atoms with van der Waals surface area (Å²) < 4.78 is 10.8. The molecule has 36 heavy (non-hydrogen) atoms. The van der Waals surface area contributed by atoms with Crippen LogP contribution in [-0.2, 0) is 22.4 Å². The highest BCUT2D eigenvalue weighted by atomic mass is 16.5. The summed E-state index contributed by atoms with van der Waals surface area (Å²) in [6.07, 6.45) is 9.37. The lowest BCUT2D eigenvalue weighted by Gasteiger charge is -2.14.